The summed E-state index contributed by atoms with van der Waals surface area (Å²) in [4.78, 5) is 27.2. The molecule has 0 unspecified atom stereocenters. The van der Waals surface area contributed by atoms with Crippen LogP contribution in [0, 0.1) is 11.3 Å². The minimum Gasteiger partial charge on any atom is -0.453 e. The number of amides is 2. The van der Waals surface area contributed by atoms with Crippen LogP contribution in [0.1, 0.15) is 32.1 Å². The second-order valence-electron chi connectivity index (χ2n) is 5.96. The Labute approximate surface area is 136 Å². The minimum atomic E-state index is -0.343. The first-order valence-electron chi connectivity index (χ1n) is 8.13. The van der Waals surface area contributed by atoms with Crippen LogP contribution < -0.4 is 5.32 Å². The maximum Gasteiger partial charge on any atom is 0.409 e. The van der Waals surface area contributed by atoms with Crippen LogP contribution in [0.15, 0.2) is 11.8 Å². The van der Waals surface area contributed by atoms with Crippen molar-refractivity contribution >= 4 is 12.0 Å². The van der Waals surface area contributed by atoms with Crippen molar-refractivity contribution < 1.29 is 14.3 Å². The van der Waals surface area contributed by atoms with E-state index in [4.69, 9.17) is 0 Å². The van der Waals surface area contributed by atoms with Gasteiger partial charge in [0.2, 0.25) is 0 Å². The number of hydrogen-bond acceptors (Lipinski definition) is 5. The Bertz CT molecular complexity index is 498. The molecule has 1 saturated carbocycles. The summed E-state index contributed by atoms with van der Waals surface area (Å²) in [6, 6.07) is 2.17. The monoisotopic (exact) mass is 320 g/mol. The van der Waals surface area contributed by atoms with E-state index >= 15 is 0 Å². The van der Waals surface area contributed by atoms with Crippen molar-refractivity contribution in [2.24, 2.45) is 0 Å². The van der Waals surface area contributed by atoms with Gasteiger partial charge in [-0.1, -0.05) is 19.3 Å². The fourth-order valence-corrected chi connectivity index (χ4v) is 2.99. The largest absolute Gasteiger partial charge is 0.453 e. The van der Waals surface area contributed by atoms with Crippen LogP contribution in [-0.2, 0) is 9.53 Å². The lowest BCUT2D eigenvalue weighted by Gasteiger charge is -2.33. The van der Waals surface area contributed by atoms with Crippen molar-refractivity contribution in [1.29, 1.82) is 5.26 Å². The molecule has 2 aliphatic rings. The fourth-order valence-electron chi connectivity index (χ4n) is 2.99. The number of nitrogens with one attached hydrogen (secondary N) is 1. The summed E-state index contributed by atoms with van der Waals surface area (Å²) in [7, 11) is 1.36. The van der Waals surface area contributed by atoms with Gasteiger partial charge in [-0.2, -0.15) is 5.26 Å². The summed E-state index contributed by atoms with van der Waals surface area (Å²) < 4.78 is 4.69. The molecule has 1 N–H and O–H groups in total. The third-order valence-electron chi connectivity index (χ3n) is 4.36. The lowest BCUT2D eigenvalue weighted by molar-refractivity contribution is -0.118. The number of nitrogens with zero attached hydrogens (tertiary/aromatic N) is 3. The quantitative estimate of drug-likeness (QED) is 0.624. The molecule has 0 radical (unpaired) electrons. The Morgan fingerprint density at radius 2 is 1.83 bits per heavy atom. The third kappa shape index (κ3) is 4.88. The van der Waals surface area contributed by atoms with E-state index in [-0.39, 0.29) is 23.6 Å². The maximum atomic E-state index is 12.2. The molecule has 2 fully saturated rings. The molecule has 0 aromatic carbocycles. The second kappa shape index (κ2) is 8.42. The number of carbonyl (C=O) groups is 2. The Morgan fingerprint density at radius 1 is 1.17 bits per heavy atom. The number of ether oxygens (including phenoxy) is 1. The van der Waals surface area contributed by atoms with Crippen molar-refractivity contribution in [3.63, 3.8) is 0 Å². The van der Waals surface area contributed by atoms with E-state index in [9.17, 15) is 14.9 Å². The van der Waals surface area contributed by atoms with E-state index in [0.29, 0.717) is 26.2 Å². The predicted octanol–water partition coefficient (Wildman–Crippen LogP) is 1.23. The molecular weight excluding hydrogens is 296 g/mol. The number of carbonyl (C=O) groups excluding carboxylic acids is 2. The van der Waals surface area contributed by atoms with Gasteiger partial charge < -0.3 is 19.9 Å². The Morgan fingerprint density at radius 3 is 2.39 bits per heavy atom. The topological polar surface area (TPSA) is 85.7 Å². The molecule has 1 aliphatic carbocycles. The van der Waals surface area contributed by atoms with Crippen LogP contribution in [0.3, 0.4) is 0 Å². The van der Waals surface area contributed by atoms with Gasteiger partial charge in [-0.15, -0.1) is 0 Å². The van der Waals surface area contributed by atoms with Crippen LogP contribution in [0.25, 0.3) is 0 Å². The van der Waals surface area contributed by atoms with Crippen LogP contribution >= 0.6 is 0 Å². The minimum absolute atomic E-state index is 0.127. The molecule has 23 heavy (non-hydrogen) atoms. The zero-order valence-corrected chi connectivity index (χ0v) is 13.6. The zero-order chi connectivity index (χ0) is 16.7. The van der Waals surface area contributed by atoms with E-state index in [0.717, 1.165) is 25.7 Å². The first-order valence-corrected chi connectivity index (χ1v) is 8.13. The van der Waals surface area contributed by atoms with Gasteiger partial charge in [0.05, 0.1) is 7.11 Å². The Balaban J connectivity index is 1.87. The Hall–Kier alpha value is -2.23. The molecule has 1 saturated heterocycles. The van der Waals surface area contributed by atoms with Crippen LogP contribution in [0.2, 0.25) is 0 Å². The number of piperazine rings is 1. The van der Waals surface area contributed by atoms with Crippen molar-refractivity contribution in [3.8, 4) is 6.07 Å². The molecule has 0 bridgehead atoms. The van der Waals surface area contributed by atoms with E-state index in [2.05, 4.69) is 10.1 Å². The van der Waals surface area contributed by atoms with E-state index in [1.807, 2.05) is 11.0 Å². The molecule has 126 valence electrons. The standard InChI is InChI=1S/C16H24N4O3/c1-23-16(22)20-9-7-19(8-10-20)12-13(11-17)15(21)18-14-5-3-2-4-6-14/h12,14H,2-10H2,1H3,(H,18,21)/b13-12-. The summed E-state index contributed by atoms with van der Waals surface area (Å²) in [5, 5.41) is 12.2. The highest BCUT2D eigenvalue weighted by Crippen LogP contribution is 2.17. The van der Waals surface area contributed by atoms with Gasteiger partial charge in [0, 0.05) is 38.4 Å². The molecule has 2 amide bonds. The molecule has 1 aliphatic heterocycles. The van der Waals surface area contributed by atoms with Crippen molar-refractivity contribution in [3.05, 3.63) is 11.8 Å². The summed E-state index contributed by atoms with van der Waals surface area (Å²) in [6.07, 6.45) is 6.72. The average molecular weight is 320 g/mol. The van der Waals surface area contributed by atoms with Gasteiger partial charge in [-0.25, -0.2) is 4.79 Å². The zero-order valence-electron chi connectivity index (χ0n) is 13.6. The van der Waals surface area contributed by atoms with Gasteiger partial charge in [0.1, 0.15) is 11.6 Å². The lowest BCUT2D eigenvalue weighted by atomic mass is 9.95. The smallest absolute Gasteiger partial charge is 0.409 e. The van der Waals surface area contributed by atoms with Gasteiger partial charge in [0.25, 0.3) is 5.91 Å². The number of hydrogen-bond donors (Lipinski definition) is 1. The normalized spacial score (nSPS) is 19.9. The molecule has 7 nitrogen and oxygen atoms in total. The van der Waals surface area contributed by atoms with Gasteiger partial charge >= 0.3 is 6.09 Å². The van der Waals surface area contributed by atoms with Crippen LogP contribution in [0.5, 0.6) is 0 Å². The molecule has 0 spiro atoms. The van der Waals surface area contributed by atoms with Crippen molar-refractivity contribution in [2.45, 2.75) is 38.1 Å². The summed E-state index contributed by atoms with van der Waals surface area (Å²) >= 11 is 0. The molecule has 0 atom stereocenters. The summed E-state index contributed by atoms with van der Waals surface area (Å²) in [6.45, 7) is 2.20. The van der Waals surface area contributed by atoms with E-state index in [1.54, 1.807) is 11.1 Å². The van der Waals surface area contributed by atoms with Crippen LogP contribution in [0.4, 0.5) is 4.79 Å². The maximum absolute atomic E-state index is 12.2. The second-order valence-corrected chi connectivity index (χ2v) is 5.96. The highest BCUT2D eigenvalue weighted by molar-refractivity contribution is 5.97. The van der Waals surface area contributed by atoms with Gasteiger partial charge in [-0.3, -0.25) is 4.79 Å². The van der Waals surface area contributed by atoms with E-state index < -0.39 is 0 Å². The molecule has 2 rings (SSSR count). The number of nitriles is 1. The molecular formula is C16H24N4O3. The molecule has 0 aromatic rings. The molecule has 0 aromatic heterocycles. The SMILES string of the molecule is COC(=O)N1CCN(/C=C(/C#N)C(=O)NC2CCCCC2)CC1. The summed E-state index contributed by atoms with van der Waals surface area (Å²) in [5.41, 5.74) is 0.127. The number of rotatable bonds is 3. The van der Waals surface area contributed by atoms with Gasteiger partial charge in [0.15, 0.2) is 0 Å². The Kier molecular flexibility index (Phi) is 6.27. The first-order chi connectivity index (χ1) is 11.1. The first kappa shape index (κ1) is 17.1. The molecule has 7 heteroatoms. The third-order valence-corrected chi connectivity index (χ3v) is 4.36. The highest BCUT2D eigenvalue weighted by atomic mass is 16.5. The predicted molar refractivity (Wildman–Crippen MR) is 84.3 cm³/mol. The lowest BCUT2D eigenvalue weighted by Crippen LogP contribution is -2.47. The number of methoxy groups -OCH3 is 1. The summed E-state index contributed by atoms with van der Waals surface area (Å²) in [5.74, 6) is -0.296. The van der Waals surface area contributed by atoms with Gasteiger partial charge in [-0.05, 0) is 12.8 Å². The fraction of sp³-hybridized carbons (Fsp3) is 0.688. The van der Waals surface area contributed by atoms with Crippen molar-refractivity contribution in [1.82, 2.24) is 15.1 Å². The van der Waals surface area contributed by atoms with Crippen molar-refractivity contribution in [2.75, 3.05) is 33.3 Å². The van der Waals surface area contributed by atoms with E-state index in [1.165, 1.54) is 13.5 Å². The molecule has 1 heterocycles. The highest BCUT2D eigenvalue weighted by Gasteiger charge is 2.22. The average Bonchev–Trinajstić information content (AvgIpc) is 2.60. The van der Waals surface area contributed by atoms with Crippen LogP contribution in [-0.4, -0.2) is 61.1 Å².